The van der Waals surface area contributed by atoms with Gasteiger partial charge in [0, 0.05) is 15.7 Å². The van der Waals surface area contributed by atoms with Gasteiger partial charge in [-0.05, 0) is 59.6 Å². The first-order valence-electron chi connectivity index (χ1n) is 12.3. The monoisotopic (exact) mass is 631 g/mol. The quantitative estimate of drug-likeness (QED) is 0.111. The molecule has 0 bridgehead atoms. The molecule has 13 nitrogen and oxygen atoms in total. The van der Waals surface area contributed by atoms with E-state index in [-0.39, 0.29) is 18.8 Å². The third kappa shape index (κ3) is 8.03. The van der Waals surface area contributed by atoms with E-state index in [4.69, 9.17) is 28.9 Å². The Labute approximate surface area is 245 Å². The first-order chi connectivity index (χ1) is 19.7. The second kappa shape index (κ2) is 14.8. The Morgan fingerprint density at radius 3 is 2.63 bits per heavy atom. The summed E-state index contributed by atoms with van der Waals surface area (Å²) >= 11 is 3.42. The fraction of sp³-hybridized carbons (Fsp3) is 0.333. The minimum atomic E-state index is -1.18. The smallest absolute Gasteiger partial charge is 0.337 e. The highest BCUT2D eigenvalue weighted by molar-refractivity contribution is 9.10. The minimum absolute atomic E-state index is 0.127. The average molecular weight is 632 g/mol. The lowest BCUT2D eigenvalue weighted by atomic mass is 9.95. The number of benzene rings is 2. The van der Waals surface area contributed by atoms with Crippen molar-refractivity contribution in [1.29, 1.82) is 5.26 Å². The third-order valence-electron chi connectivity index (χ3n) is 5.67. The Hall–Kier alpha value is -4.48. The summed E-state index contributed by atoms with van der Waals surface area (Å²) in [5.41, 5.74) is 4.42. The molecule has 0 aliphatic carbocycles. The van der Waals surface area contributed by atoms with E-state index in [1.165, 1.54) is 20.4 Å². The number of hydrogen-bond donors (Lipinski definition) is 4. The van der Waals surface area contributed by atoms with Crippen molar-refractivity contribution in [1.82, 2.24) is 16.1 Å². The number of esters is 1. The van der Waals surface area contributed by atoms with Crippen LogP contribution in [-0.4, -0.2) is 63.6 Å². The van der Waals surface area contributed by atoms with Gasteiger partial charge in [-0.3, -0.25) is 5.43 Å². The summed E-state index contributed by atoms with van der Waals surface area (Å²) in [6.07, 6.45) is 0.283. The van der Waals surface area contributed by atoms with Gasteiger partial charge in [0.2, 0.25) is 0 Å². The number of urea groups is 1. The average Bonchev–Trinajstić information content (AvgIpc) is 2.95. The van der Waals surface area contributed by atoms with Gasteiger partial charge in [-0.1, -0.05) is 6.07 Å². The molecule has 1 aliphatic heterocycles. The molecule has 0 unspecified atom stereocenters. The van der Waals surface area contributed by atoms with Gasteiger partial charge in [0.05, 0.1) is 38.7 Å². The molecule has 2 aromatic rings. The zero-order valence-electron chi connectivity index (χ0n) is 22.8. The number of aliphatic hydroxyl groups is 1. The summed E-state index contributed by atoms with van der Waals surface area (Å²) in [7, 11) is 2.74. The summed E-state index contributed by atoms with van der Waals surface area (Å²) in [5, 5.41) is 28.5. The number of allylic oxidation sites excluding steroid dienone is 1. The van der Waals surface area contributed by atoms with Crippen molar-refractivity contribution in [3.05, 3.63) is 57.2 Å². The van der Waals surface area contributed by atoms with Crippen LogP contribution in [0.3, 0.4) is 0 Å². The van der Waals surface area contributed by atoms with Crippen LogP contribution >= 0.6 is 15.9 Å². The molecule has 1 aliphatic rings. The zero-order valence-corrected chi connectivity index (χ0v) is 24.4. The molecule has 2 aromatic carbocycles. The first-order valence-corrected chi connectivity index (χ1v) is 13.1. The molecule has 4 N–H and O–H groups in total. The fourth-order valence-corrected chi connectivity index (χ4v) is 4.27. The molecule has 14 heteroatoms. The van der Waals surface area contributed by atoms with Crippen LogP contribution < -0.4 is 35.0 Å². The van der Waals surface area contributed by atoms with Crippen LogP contribution in [-0.2, 0) is 9.53 Å². The van der Waals surface area contributed by atoms with Crippen molar-refractivity contribution < 1.29 is 38.4 Å². The third-order valence-corrected chi connectivity index (χ3v) is 6.36. The van der Waals surface area contributed by atoms with E-state index in [1.54, 1.807) is 44.2 Å². The van der Waals surface area contributed by atoms with Crippen molar-refractivity contribution >= 4 is 34.1 Å². The number of rotatable bonds is 13. The predicted molar refractivity (Wildman–Crippen MR) is 151 cm³/mol. The molecule has 41 heavy (non-hydrogen) atoms. The van der Waals surface area contributed by atoms with Crippen LogP contribution in [0.2, 0.25) is 0 Å². The van der Waals surface area contributed by atoms with Gasteiger partial charge in [0.1, 0.15) is 12.7 Å². The number of nitriles is 1. The lowest BCUT2D eigenvalue weighted by Crippen LogP contribution is -2.45. The summed E-state index contributed by atoms with van der Waals surface area (Å²) < 4.78 is 27.7. The van der Waals surface area contributed by atoms with Crippen molar-refractivity contribution in [2.24, 2.45) is 5.10 Å². The number of methoxy groups -OCH3 is 2. The van der Waals surface area contributed by atoms with Crippen LogP contribution in [0.4, 0.5) is 4.79 Å². The highest BCUT2D eigenvalue weighted by Gasteiger charge is 2.32. The number of hydrogen-bond acceptors (Lipinski definition) is 11. The largest absolute Gasteiger partial charge is 0.493 e. The first kappa shape index (κ1) is 31.1. The second-order valence-corrected chi connectivity index (χ2v) is 9.24. The Balaban J connectivity index is 1.69. The van der Waals surface area contributed by atoms with Gasteiger partial charge >= 0.3 is 12.0 Å². The van der Waals surface area contributed by atoms with Gasteiger partial charge in [-0.2, -0.15) is 10.4 Å². The van der Waals surface area contributed by atoms with Crippen LogP contribution in [0.15, 0.2) is 51.2 Å². The number of aliphatic hydroxyl groups excluding tert-OH is 1. The fourth-order valence-electron chi connectivity index (χ4n) is 3.85. The number of ether oxygens (including phenoxy) is 5. The second-order valence-electron chi connectivity index (χ2n) is 8.39. The molecule has 0 spiro atoms. The molecule has 218 valence electrons. The molecular formula is C27H30BrN5O8. The molecule has 0 fully saturated rings. The number of halogens is 1. The molecular weight excluding hydrogens is 602 g/mol. The van der Waals surface area contributed by atoms with Crippen LogP contribution in [0.5, 0.6) is 23.0 Å². The van der Waals surface area contributed by atoms with Crippen molar-refractivity contribution in [3.8, 4) is 29.1 Å². The zero-order chi connectivity index (χ0) is 29.9. The predicted octanol–water partition coefficient (Wildman–Crippen LogP) is 2.88. The molecule has 3 rings (SSSR count). The van der Waals surface area contributed by atoms with E-state index >= 15 is 0 Å². The number of carbonyl (C=O) groups excluding carboxylic acids is 2. The van der Waals surface area contributed by atoms with Gasteiger partial charge in [-0.15, -0.1) is 0 Å². The van der Waals surface area contributed by atoms with Crippen molar-refractivity contribution in [2.75, 3.05) is 34.0 Å². The maximum absolute atomic E-state index is 12.4. The van der Waals surface area contributed by atoms with E-state index in [2.05, 4.69) is 37.1 Å². The summed E-state index contributed by atoms with van der Waals surface area (Å²) in [6.45, 7) is 3.43. The number of carbonyl (C=O) groups is 2. The van der Waals surface area contributed by atoms with E-state index in [0.29, 0.717) is 50.9 Å². The molecule has 1 heterocycles. The SMILES string of the molecule is CCOc1cc([C@H]2NC(=O)NC(C)=C2C(=O)OC)ccc1OC[C@@H](O)N/N=C\c1cc(OC)c(OCC#N)cc1Br. The van der Waals surface area contributed by atoms with Crippen LogP contribution in [0.25, 0.3) is 0 Å². The van der Waals surface area contributed by atoms with Gasteiger partial charge in [0.15, 0.2) is 35.8 Å². The van der Waals surface area contributed by atoms with E-state index < -0.39 is 24.3 Å². The van der Waals surface area contributed by atoms with E-state index in [0.717, 1.165) is 0 Å². The maximum atomic E-state index is 12.4. The lowest BCUT2D eigenvalue weighted by Gasteiger charge is -2.28. The Bertz CT molecular complexity index is 1370. The molecule has 0 saturated heterocycles. The molecule has 0 radical (unpaired) electrons. The number of hydrazone groups is 1. The summed E-state index contributed by atoms with van der Waals surface area (Å²) in [6, 6.07) is 8.93. The highest BCUT2D eigenvalue weighted by atomic mass is 79.9. The molecule has 0 saturated carbocycles. The van der Waals surface area contributed by atoms with Crippen molar-refractivity contribution in [2.45, 2.75) is 26.1 Å². The summed E-state index contributed by atoms with van der Waals surface area (Å²) in [5.74, 6) is 0.910. The van der Waals surface area contributed by atoms with E-state index in [1.807, 2.05) is 6.07 Å². The maximum Gasteiger partial charge on any atom is 0.337 e. The summed E-state index contributed by atoms with van der Waals surface area (Å²) in [4.78, 5) is 24.5. The normalized spacial score (nSPS) is 15.3. The van der Waals surface area contributed by atoms with E-state index in [9.17, 15) is 14.7 Å². The van der Waals surface area contributed by atoms with Gasteiger partial charge in [-0.25, -0.2) is 9.59 Å². The van der Waals surface area contributed by atoms with Gasteiger partial charge in [0.25, 0.3) is 0 Å². The molecule has 2 amide bonds. The van der Waals surface area contributed by atoms with Crippen LogP contribution in [0, 0.1) is 11.3 Å². The molecule has 2 atom stereocenters. The molecule has 0 aromatic heterocycles. The van der Waals surface area contributed by atoms with Crippen LogP contribution in [0.1, 0.15) is 31.0 Å². The minimum Gasteiger partial charge on any atom is -0.493 e. The lowest BCUT2D eigenvalue weighted by molar-refractivity contribution is -0.136. The number of nitrogens with zero attached hydrogens (tertiary/aromatic N) is 2. The Kier molecular flexibility index (Phi) is 11.2. The van der Waals surface area contributed by atoms with Gasteiger partial charge < -0.3 is 39.4 Å². The topological polar surface area (TPSA) is 173 Å². The highest BCUT2D eigenvalue weighted by Crippen LogP contribution is 2.35. The number of amides is 2. The number of nitrogens with one attached hydrogen (secondary N) is 3. The Morgan fingerprint density at radius 2 is 1.95 bits per heavy atom. The Morgan fingerprint density at radius 1 is 1.20 bits per heavy atom. The standard InChI is InChI=1S/C27H30BrN5O8/c1-5-39-21-10-16(25-24(26(35)38-4)15(2)31-27(36)32-25)6-7-19(21)41-14-23(34)33-30-13-17-11-20(37-3)22(12-18(17)28)40-9-8-29/h6-7,10-13,23,25,33-34H,5,9,14H2,1-4H3,(H2,31,32,36)/b30-13-/t23-,25-/m1/s1. The van der Waals surface area contributed by atoms with Crippen molar-refractivity contribution in [3.63, 3.8) is 0 Å².